The van der Waals surface area contributed by atoms with Crippen molar-refractivity contribution in [3.05, 3.63) is 56.2 Å². The Morgan fingerprint density at radius 3 is 2.90 bits per heavy atom. The van der Waals surface area contributed by atoms with Crippen LogP contribution in [0.3, 0.4) is 0 Å². The number of amides is 1. The van der Waals surface area contributed by atoms with Gasteiger partial charge in [0.25, 0.3) is 5.91 Å². The fraction of sp³-hybridized carbons (Fsp3) is 0.143. The zero-order valence-electron chi connectivity index (χ0n) is 10.7. The molecule has 1 N–H and O–H groups in total. The molecule has 0 atom stereocenters. The third-order valence-corrected chi connectivity index (χ3v) is 4.18. The average molecular weight is 403 g/mol. The van der Waals surface area contributed by atoms with Crippen molar-refractivity contribution in [1.29, 1.82) is 0 Å². The van der Waals surface area contributed by atoms with Gasteiger partial charge >= 0.3 is 0 Å². The fourth-order valence-corrected chi connectivity index (χ4v) is 2.23. The second-order valence-corrected chi connectivity index (χ2v) is 5.59. The van der Waals surface area contributed by atoms with E-state index < -0.39 is 0 Å². The Morgan fingerprint density at radius 1 is 1.40 bits per heavy atom. The molecule has 1 aromatic carbocycles. The Hall–Kier alpha value is -1.34. The number of nitrogens with zero attached hydrogens (tertiary/aromatic N) is 1. The zero-order valence-corrected chi connectivity index (χ0v) is 13.6. The number of ether oxygens (including phenoxy) is 1. The molecular weight excluding hydrogens is 391 g/mol. The number of rotatable bonds is 4. The molecule has 0 spiro atoms. The van der Waals surface area contributed by atoms with E-state index in [1.807, 2.05) is 6.07 Å². The number of carbonyl (C=O) groups is 1. The van der Waals surface area contributed by atoms with Crippen molar-refractivity contribution in [3.8, 4) is 5.88 Å². The van der Waals surface area contributed by atoms with Gasteiger partial charge in [-0.15, -0.1) is 0 Å². The lowest BCUT2D eigenvalue weighted by molar-refractivity contribution is 0.0951. The third-order valence-electron chi connectivity index (χ3n) is 2.64. The molecule has 20 heavy (non-hydrogen) atoms. The van der Waals surface area contributed by atoms with Crippen LogP contribution < -0.4 is 10.1 Å². The third kappa shape index (κ3) is 3.83. The van der Waals surface area contributed by atoms with Gasteiger partial charge in [-0.2, -0.15) is 0 Å². The normalized spacial score (nSPS) is 10.2. The van der Waals surface area contributed by atoms with Gasteiger partial charge in [0, 0.05) is 27.9 Å². The molecule has 2 rings (SSSR count). The molecule has 0 bridgehead atoms. The van der Waals surface area contributed by atoms with Gasteiger partial charge < -0.3 is 10.1 Å². The fourth-order valence-electron chi connectivity index (χ4n) is 1.59. The van der Waals surface area contributed by atoms with Crippen LogP contribution in [0.1, 0.15) is 15.9 Å². The topological polar surface area (TPSA) is 51.2 Å². The van der Waals surface area contributed by atoms with Crippen LogP contribution in [0.2, 0.25) is 5.02 Å². The number of pyridine rings is 1. The van der Waals surface area contributed by atoms with Gasteiger partial charge in [0.15, 0.2) is 0 Å². The number of hydrogen-bond donors (Lipinski definition) is 1. The van der Waals surface area contributed by atoms with E-state index >= 15 is 0 Å². The number of hydrogen-bond acceptors (Lipinski definition) is 3. The van der Waals surface area contributed by atoms with E-state index in [0.29, 0.717) is 23.0 Å². The Morgan fingerprint density at radius 2 is 2.20 bits per heavy atom. The van der Waals surface area contributed by atoms with Crippen LogP contribution in [0.5, 0.6) is 5.88 Å². The van der Waals surface area contributed by atoms with E-state index in [9.17, 15) is 4.79 Å². The highest BCUT2D eigenvalue weighted by molar-refractivity contribution is 14.1. The number of methoxy groups -OCH3 is 1. The molecule has 0 saturated carbocycles. The van der Waals surface area contributed by atoms with Gasteiger partial charge in [0.05, 0.1) is 12.1 Å². The van der Waals surface area contributed by atoms with Gasteiger partial charge in [-0.25, -0.2) is 4.98 Å². The summed E-state index contributed by atoms with van der Waals surface area (Å²) in [5.41, 5.74) is 1.51. The van der Waals surface area contributed by atoms with Crippen molar-refractivity contribution in [3.63, 3.8) is 0 Å². The van der Waals surface area contributed by atoms with Crippen LogP contribution in [-0.2, 0) is 6.54 Å². The first-order valence-electron chi connectivity index (χ1n) is 5.82. The molecule has 1 amide bonds. The van der Waals surface area contributed by atoms with E-state index in [1.165, 1.54) is 0 Å². The summed E-state index contributed by atoms with van der Waals surface area (Å²) in [5, 5.41) is 3.48. The first-order valence-corrected chi connectivity index (χ1v) is 7.28. The van der Waals surface area contributed by atoms with Gasteiger partial charge in [-0.05, 0) is 52.4 Å². The number of carbonyl (C=O) groups excluding carboxylic acids is 1. The van der Waals surface area contributed by atoms with Crippen LogP contribution >= 0.6 is 34.2 Å². The zero-order chi connectivity index (χ0) is 14.5. The maximum atomic E-state index is 12.0. The van der Waals surface area contributed by atoms with Crippen molar-refractivity contribution < 1.29 is 9.53 Å². The summed E-state index contributed by atoms with van der Waals surface area (Å²) in [5.74, 6) is 0.383. The van der Waals surface area contributed by atoms with Crippen molar-refractivity contribution in [1.82, 2.24) is 10.3 Å². The molecule has 0 fully saturated rings. The summed E-state index contributed by atoms with van der Waals surface area (Å²) in [6.07, 6.45) is 1.64. The van der Waals surface area contributed by atoms with Crippen molar-refractivity contribution in [2.45, 2.75) is 6.54 Å². The number of benzene rings is 1. The van der Waals surface area contributed by atoms with Gasteiger partial charge in [-0.3, -0.25) is 4.79 Å². The molecule has 0 unspecified atom stereocenters. The molecule has 0 saturated heterocycles. The molecule has 0 radical (unpaired) electrons. The highest BCUT2D eigenvalue weighted by Crippen LogP contribution is 2.19. The summed E-state index contributed by atoms with van der Waals surface area (Å²) in [6.45, 7) is 0.414. The molecular formula is C14H12ClIN2O2. The molecule has 104 valence electrons. The summed E-state index contributed by atoms with van der Waals surface area (Å²) in [7, 11) is 1.56. The molecule has 0 aliphatic rings. The van der Waals surface area contributed by atoms with Crippen LogP contribution in [0.25, 0.3) is 0 Å². The molecule has 4 nitrogen and oxygen atoms in total. The number of aromatic nitrogens is 1. The van der Waals surface area contributed by atoms with Crippen LogP contribution in [0.15, 0.2) is 36.5 Å². The lowest BCUT2D eigenvalue weighted by Crippen LogP contribution is -2.22. The summed E-state index contributed by atoms with van der Waals surface area (Å²) in [6, 6.07) is 8.78. The minimum atomic E-state index is -0.143. The largest absolute Gasteiger partial charge is 0.481 e. The monoisotopic (exact) mass is 402 g/mol. The Balaban J connectivity index is 2.02. The number of nitrogens with one attached hydrogen (secondary N) is 1. The molecule has 0 aliphatic carbocycles. The van der Waals surface area contributed by atoms with Crippen molar-refractivity contribution in [2.24, 2.45) is 0 Å². The van der Waals surface area contributed by atoms with Gasteiger partial charge in [0.2, 0.25) is 5.88 Å². The van der Waals surface area contributed by atoms with Crippen molar-refractivity contribution in [2.75, 3.05) is 7.11 Å². The van der Waals surface area contributed by atoms with Gasteiger partial charge in [0.1, 0.15) is 0 Å². The predicted molar refractivity (Wildman–Crippen MR) is 86.1 cm³/mol. The summed E-state index contributed by atoms with van der Waals surface area (Å²) in [4.78, 5) is 16.0. The lowest BCUT2D eigenvalue weighted by atomic mass is 10.2. The smallest absolute Gasteiger partial charge is 0.251 e. The van der Waals surface area contributed by atoms with Crippen LogP contribution in [0.4, 0.5) is 0 Å². The lowest BCUT2D eigenvalue weighted by Gasteiger charge is -2.07. The van der Waals surface area contributed by atoms with E-state index in [-0.39, 0.29) is 5.91 Å². The molecule has 0 aliphatic heterocycles. The highest BCUT2D eigenvalue weighted by Gasteiger charge is 2.07. The maximum Gasteiger partial charge on any atom is 0.251 e. The molecule has 2 aromatic rings. The minimum absolute atomic E-state index is 0.143. The van der Waals surface area contributed by atoms with E-state index in [2.05, 4.69) is 32.9 Å². The predicted octanol–water partition coefficient (Wildman–Crippen LogP) is 3.28. The van der Waals surface area contributed by atoms with E-state index in [0.717, 1.165) is 9.13 Å². The minimum Gasteiger partial charge on any atom is -0.481 e. The maximum absolute atomic E-state index is 12.0. The second-order valence-electron chi connectivity index (χ2n) is 4.02. The highest BCUT2D eigenvalue weighted by atomic mass is 127. The standard InChI is InChI=1S/C14H12ClIN2O2/c1-20-13-6-9(4-5-17-13)8-18-14(19)10-2-3-11(15)12(16)7-10/h2-7H,8H2,1H3,(H,18,19). The Bertz CT molecular complexity index is 634. The quantitative estimate of drug-likeness (QED) is 0.799. The van der Waals surface area contributed by atoms with Crippen molar-refractivity contribution >= 4 is 40.1 Å². The molecule has 1 heterocycles. The molecule has 1 aromatic heterocycles. The van der Waals surface area contributed by atoms with E-state index in [4.69, 9.17) is 16.3 Å². The van der Waals surface area contributed by atoms with Crippen LogP contribution in [0, 0.1) is 3.57 Å². The average Bonchev–Trinajstić information content (AvgIpc) is 2.47. The Kier molecular flexibility index (Phi) is 5.19. The first kappa shape index (κ1) is 15.1. The molecule has 6 heteroatoms. The number of halogens is 2. The SMILES string of the molecule is COc1cc(CNC(=O)c2ccc(Cl)c(I)c2)ccn1. The Labute approximate surface area is 135 Å². The van der Waals surface area contributed by atoms with Crippen LogP contribution in [-0.4, -0.2) is 18.0 Å². The summed E-state index contributed by atoms with van der Waals surface area (Å²) < 4.78 is 5.89. The van der Waals surface area contributed by atoms with Gasteiger partial charge in [-0.1, -0.05) is 11.6 Å². The summed E-state index contributed by atoms with van der Waals surface area (Å²) >= 11 is 8.03. The second kappa shape index (κ2) is 6.90. The van der Waals surface area contributed by atoms with E-state index in [1.54, 1.807) is 37.6 Å². The first-order chi connectivity index (χ1) is 9.60.